The third kappa shape index (κ3) is 3.26. The van der Waals surface area contributed by atoms with Crippen molar-refractivity contribution in [2.75, 3.05) is 5.32 Å². The van der Waals surface area contributed by atoms with Crippen LogP contribution in [-0.2, 0) is 6.54 Å². The van der Waals surface area contributed by atoms with Crippen LogP contribution in [0.25, 0.3) is 0 Å². The van der Waals surface area contributed by atoms with Crippen LogP contribution >= 0.6 is 0 Å². The fraction of sp³-hybridized carbons (Fsp3) is 0.143. The number of carbonyl (C=O) groups excluding carboxylic acids is 1. The topological polar surface area (TPSA) is 45.2 Å². The molecule has 3 aromatic rings. The van der Waals surface area contributed by atoms with E-state index >= 15 is 0 Å². The molecule has 1 unspecified atom stereocenters. The summed E-state index contributed by atoms with van der Waals surface area (Å²) in [6.45, 7) is 2.10. The molecule has 1 aromatic heterocycles. The zero-order chi connectivity index (χ0) is 19.0. The van der Waals surface area contributed by atoms with Crippen LogP contribution < -0.4 is 5.32 Å². The fourth-order valence-corrected chi connectivity index (χ4v) is 3.27. The predicted octanol–water partition coefficient (Wildman–Crippen LogP) is 4.43. The summed E-state index contributed by atoms with van der Waals surface area (Å²) >= 11 is 0. The second-order valence-corrected chi connectivity index (χ2v) is 6.50. The summed E-state index contributed by atoms with van der Waals surface area (Å²) in [5.74, 6) is -0.796. The molecule has 0 spiro atoms. The molecule has 1 aliphatic rings. The van der Waals surface area contributed by atoms with E-state index in [4.69, 9.17) is 0 Å². The Labute approximate surface area is 155 Å². The van der Waals surface area contributed by atoms with Gasteiger partial charge in [0.1, 0.15) is 17.8 Å². The van der Waals surface area contributed by atoms with Crippen molar-refractivity contribution in [1.29, 1.82) is 0 Å². The highest BCUT2D eigenvalue weighted by molar-refractivity contribution is 5.98. The predicted molar refractivity (Wildman–Crippen MR) is 98.0 cm³/mol. The van der Waals surface area contributed by atoms with Crippen molar-refractivity contribution in [3.8, 4) is 0 Å². The molecule has 6 heteroatoms. The first-order valence-corrected chi connectivity index (χ1v) is 8.56. The molecule has 0 saturated heterocycles. The van der Waals surface area contributed by atoms with Crippen LogP contribution in [0.3, 0.4) is 0 Å². The third-order valence-electron chi connectivity index (χ3n) is 4.65. The van der Waals surface area contributed by atoms with E-state index in [-0.39, 0.29) is 17.5 Å². The summed E-state index contributed by atoms with van der Waals surface area (Å²) in [5, 5.41) is 3.31. The average Bonchev–Trinajstić information content (AvgIpc) is 2.92. The number of carbonyl (C=O) groups is 1. The molecule has 27 heavy (non-hydrogen) atoms. The summed E-state index contributed by atoms with van der Waals surface area (Å²) in [7, 11) is 0. The van der Waals surface area contributed by atoms with Gasteiger partial charge in [-0.2, -0.15) is 0 Å². The number of pyridine rings is 1. The maximum Gasteiger partial charge on any atom is 0.258 e. The van der Waals surface area contributed by atoms with Crippen LogP contribution in [0.1, 0.15) is 33.3 Å². The molecule has 1 aliphatic heterocycles. The Morgan fingerprint density at radius 1 is 1.07 bits per heavy atom. The van der Waals surface area contributed by atoms with Crippen LogP contribution in [0.2, 0.25) is 0 Å². The van der Waals surface area contributed by atoms with Gasteiger partial charge in [0, 0.05) is 18.4 Å². The summed E-state index contributed by atoms with van der Waals surface area (Å²) in [5.41, 5.74) is 3.40. The minimum absolute atomic E-state index is 0.153. The van der Waals surface area contributed by atoms with Crippen LogP contribution in [0.15, 0.2) is 60.8 Å². The fourth-order valence-electron chi connectivity index (χ4n) is 3.27. The minimum atomic E-state index is -0.497. The number of hydrogen-bond acceptors (Lipinski definition) is 3. The SMILES string of the molecule is Cc1cc(F)ccc1NC1c2ncccc2C(=O)N1Cc1ccc(F)cc1. The highest BCUT2D eigenvalue weighted by Gasteiger charge is 2.38. The van der Waals surface area contributed by atoms with E-state index in [2.05, 4.69) is 10.3 Å². The number of fused-ring (bicyclic) bond motifs is 1. The number of nitrogens with one attached hydrogen (secondary N) is 1. The van der Waals surface area contributed by atoms with Crippen molar-refractivity contribution in [2.45, 2.75) is 19.6 Å². The third-order valence-corrected chi connectivity index (χ3v) is 4.65. The Morgan fingerprint density at radius 3 is 2.56 bits per heavy atom. The van der Waals surface area contributed by atoms with Gasteiger partial charge in [0.05, 0.1) is 11.3 Å². The second kappa shape index (κ2) is 6.79. The van der Waals surface area contributed by atoms with Gasteiger partial charge in [0.25, 0.3) is 5.91 Å². The molecule has 136 valence electrons. The average molecular weight is 365 g/mol. The molecule has 0 fully saturated rings. The van der Waals surface area contributed by atoms with Gasteiger partial charge in [-0.25, -0.2) is 8.78 Å². The van der Waals surface area contributed by atoms with Gasteiger partial charge in [0.2, 0.25) is 0 Å². The number of hydrogen-bond donors (Lipinski definition) is 1. The number of anilines is 1. The van der Waals surface area contributed by atoms with Gasteiger partial charge < -0.3 is 10.2 Å². The Hall–Kier alpha value is -3.28. The number of halogens is 2. The Kier molecular flexibility index (Phi) is 4.32. The van der Waals surface area contributed by atoms with E-state index in [1.54, 1.807) is 48.4 Å². The quantitative estimate of drug-likeness (QED) is 0.744. The molecular formula is C21H17F2N3O. The molecule has 4 rings (SSSR count). The lowest BCUT2D eigenvalue weighted by atomic mass is 10.1. The highest BCUT2D eigenvalue weighted by Crippen LogP contribution is 2.35. The van der Waals surface area contributed by atoms with E-state index in [9.17, 15) is 13.6 Å². The zero-order valence-electron chi connectivity index (χ0n) is 14.6. The Morgan fingerprint density at radius 2 is 1.81 bits per heavy atom. The maximum atomic E-state index is 13.4. The van der Waals surface area contributed by atoms with E-state index in [1.165, 1.54) is 24.3 Å². The van der Waals surface area contributed by atoms with Crippen molar-refractivity contribution in [1.82, 2.24) is 9.88 Å². The maximum absolute atomic E-state index is 13.4. The highest BCUT2D eigenvalue weighted by atomic mass is 19.1. The number of rotatable bonds is 4. The largest absolute Gasteiger partial charge is 0.360 e. The van der Waals surface area contributed by atoms with E-state index in [0.717, 1.165) is 16.8 Å². The van der Waals surface area contributed by atoms with Crippen LogP contribution in [0, 0.1) is 18.6 Å². The first-order chi connectivity index (χ1) is 13.0. The smallest absolute Gasteiger partial charge is 0.258 e. The molecular weight excluding hydrogens is 348 g/mol. The summed E-state index contributed by atoms with van der Waals surface area (Å²) in [4.78, 5) is 18.9. The first-order valence-electron chi connectivity index (χ1n) is 8.56. The van der Waals surface area contributed by atoms with Crippen molar-refractivity contribution >= 4 is 11.6 Å². The number of benzene rings is 2. The molecule has 1 atom stereocenters. The molecule has 0 radical (unpaired) electrons. The van der Waals surface area contributed by atoms with Crippen LogP contribution in [0.5, 0.6) is 0 Å². The van der Waals surface area contributed by atoms with Gasteiger partial charge >= 0.3 is 0 Å². The molecule has 2 heterocycles. The van der Waals surface area contributed by atoms with Crippen molar-refractivity contribution in [3.63, 3.8) is 0 Å². The normalized spacial score (nSPS) is 15.7. The number of aryl methyl sites for hydroxylation is 1. The molecule has 2 aromatic carbocycles. The van der Waals surface area contributed by atoms with Crippen LogP contribution in [-0.4, -0.2) is 15.8 Å². The van der Waals surface area contributed by atoms with Gasteiger partial charge in [-0.1, -0.05) is 12.1 Å². The van der Waals surface area contributed by atoms with E-state index < -0.39 is 6.17 Å². The number of amides is 1. The zero-order valence-corrected chi connectivity index (χ0v) is 14.6. The van der Waals surface area contributed by atoms with Crippen LogP contribution in [0.4, 0.5) is 14.5 Å². The number of aromatic nitrogens is 1. The van der Waals surface area contributed by atoms with Gasteiger partial charge in [0.15, 0.2) is 0 Å². The van der Waals surface area contributed by atoms with Crippen molar-refractivity contribution < 1.29 is 13.6 Å². The molecule has 4 nitrogen and oxygen atoms in total. The molecule has 0 bridgehead atoms. The minimum Gasteiger partial charge on any atom is -0.360 e. The van der Waals surface area contributed by atoms with Crippen molar-refractivity contribution in [3.05, 3.63) is 94.8 Å². The standard InChI is InChI=1S/C21H17F2N3O/c1-13-11-16(23)8-9-18(13)25-20-19-17(3-2-10-24-19)21(27)26(20)12-14-4-6-15(22)7-5-14/h2-11,20,25H,12H2,1H3. The summed E-state index contributed by atoms with van der Waals surface area (Å²) in [6.07, 6.45) is 1.14. The van der Waals surface area contributed by atoms with Gasteiger partial charge in [-0.15, -0.1) is 0 Å². The lowest BCUT2D eigenvalue weighted by Gasteiger charge is -2.27. The monoisotopic (exact) mass is 365 g/mol. The summed E-state index contributed by atoms with van der Waals surface area (Å²) in [6, 6.07) is 13.9. The second-order valence-electron chi connectivity index (χ2n) is 6.50. The summed E-state index contributed by atoms with van der Waals surface area (Å²) < 4.78 is 26.6. The van der Waals surface area contributed by atoms with Gasteiger partial charge in [-0.3, -0.25) is 9.78 Å². The Balaban J connectivity index is 1.70. The molecule has 1 amide bonds. The van der Waals surface area contributed by atoms with E-state index in [1.807, 2.05) is 0 Å². The van der Waals surface area contributed by atoms with Gasteiger partial charge in [-0.05, 0) is 60.5 Å². The first kappa shape index (κ1) is 17.1. The molecule has 0 aliphatic carbocycles. The molecule has 0 saturated carbocycles. The molecule has 1 N–H and O–H groups in total. The Bertz CT molecular complexity index is 1000. The lowest BCUT2D eigenvalue weighted by Crippen LogP contribution is -2.32. The van der Waals surface area contributed by atoms with E-state index in [0.29, 0.717) is 17.8 Å². The number of nitrogens with zero attached hydrogens (tertiary/aromatic N) is 2. The van der Waals surface area contributed by atoms with Crippen molar-refractivity contribution in [2.24, 2.45) is 0 Å². The lowest BCUT2D eigenvalue weighted by molar-refractivity contribution is 0.0727.